The van der Waals surface area contributed by atoms with Gasteiger partial charge < -0.3 is 15.0 Å². The summed E-state index contributed by atoms with van der Waals surface area (Å²) < 4.78 is 4.83. The molecular formula is C19H28N2O3. The smallest absolute Gasteiger partial charge is 0.317 e. The maximum atomic E-state index is 12.3. The molecule has 24 heavy (non-hydrogen) atoms. The lowest BCUT2D eigenvalue weighted by Gasteiger charge is -2.35. The number of nitrogens with one attached hydrogen (secondary N) is 1. The molecule has 1 aromatic carbocycles. The number of hydrogen-bond acceptors (Lipinski definition) is 3. The fourth-order valence-electron chi connectivity index (χ4n) is 3.48. The van der Waals surface area contributed by atoms with E-state index in [1.165, 1.54) is 23.8 Å². The minimum Gasteiger partial charge on any atom is -0.469 e. The highest BCUT2D eigenvalue weighted by atomic mass is 16.5. The first-order valence-corrected chi connectivity index (χ1v) is 8.59. The lowest BCUT2D eigenvalue weighted by Crippen LogP contribution is -2.49. The molecule has 1 saturated heterocycles. The van der Waals surface area contributed by atoms with E-state index < -0.39 is 0 Å². The summed E-state index contributed by atoms with van der Waals surface area (Å²) in [6.45, 7) is 8.01. The van der Waals surface area contributed by atoms with E-state index in [1.807, 2.05) is 6.92 Å². The number of benzene rings is 1. The van der Waals surface area contributed by atoms with E-state index in [0.717, 1.165) is 6.42 Å². The summed E-state index contributed by atoms with van der Waals surface area (Å²) in [5.41, 5.74) is 3.82. The number of hydrogen-bond donors (Lipinski definition) is 1. The topological polar surface area (TPSA) is 58.6 Å². The van der Waals surface area contributed by atoms with Gasteiger partial charge in [0.25, 0.3) is 0 Å². The van der Waals surface area contributed by atoms with Crippen molar-refractivity contribution < 1.29 is 14.3 Å². The van der Waals surface area contributed by atoms with Gasteiger partial charge in [0, 0.05) is 19.6 Å². The molecule has 0 aromatic heterocycles. The highest BCUT2D eigenvalue weighted by molar-refractivity contribution is 5.76. The van der Waals surface area contributed by atoms with Gasteiger partial charge in [-0.3, -0.25) is 4.79 Å². The standard InChI is InChI=1S/C19H28N2O3/c1-13-6-5-7-14(2)16(13)8-10-20-19(23)21-11-9-17(15(3)12-21)18(22)24-4/h5-7,15,17H,8-12H2,1-4H3,(H,20,23)/t15-,17+/m1/s1. The van der Waals surface area contributed by atoms with Gasteiger partial charge in [0.2, 0.25) is 0 Å². The first-order valence-electron chi connectivity index (χ1n) is 8.59. The molecule has 0 saturated carbocycles. The van der Waals surface area contributed by atoms with Crippen LogP contribution in [0.1, 0.15) is 30.0 Å². The van der Waals surface area contributed by atoms with Gasteiger partial charge in [-0.2, -0.15) is 0 Å². The van der Waals surface area contributed by atoms with Gasteiger partial charge >= 0.3 is 12.0 Å². The van der Waals surface area contributed by atoms with Crippen molar-refractivity contribution in [2.45, 2.75) is 33.6 Å². The molecule has 1 aliphatic rings. The van der Waals surface area contributed by atoms with E-state index in [0.29, 0.717) is 26.1 Å². The molecule has 1 N–H and O–H groups in total. The Hall–Kier alpha value is -2.04. The molecule has 1 aromatic rings. The maximum Gasteiger partial charge on any atom is 0.317 e. The Labute approximate surface area is 144 Å². The van der Waals surface area contributed by atoms with Crippen LogP contribution >= 0.6 is 0 Å². The SMILES string of the molecule is COC(=O)[C@H]1CCN(C(=O)NCCc2c(C)cccc2C)C[C@H]1C. The Bertz CT molecular complexity index is 580. The zero-order valence-electron chi connectivity index (χ0n) is 15.1. The second kappa shape index (κ2) is 8.18. The van der Waals surface area contributed by atoms with Crippen molar-refractivity contribution in [3.63, 3.8) is 0 Å². The molecule has 1 fully saturated rings. The molecule has 0 radical (unpaired) electrons. The van der Waals surface area contributed by atoms with Gasteiger partial charge in [0.1, 0.15) is 0 Å². The summed E-state index contributed by atoms with van der Waals surface area (Å²) >= 11 is 0. The second-order valence-corrected chi connectivity index (χ2v) is 6.69. The molecule has 5 heteroatoms. The van der Waals surface area contributed by atoms with Crippen LogP contribution < -0.4 is 5.32 Å². The molecule has 2 amide bonds. The lowest BCUT2D eigenvalue weighted by molar-refractivity contribution is -0.148. The summed E-state index contributed by atoms with van der Waals surface area (Å²) in [6.07, 6.45) is 1.50. The number of carbonyl (C=O) groups excluding carboxylic acids is 2. The number of likely N-dealkylation sites (tertiary alicyclic amines) is 1. The van der Waals surface area contributed by atoms with E-state index in [4.69, 9.17) is 4.74 Å². The largest absolute Gasteiger partial charge is 0.469 e. The Morgan fingerprint density at radius 3 is 2.54 bits per heavy atom. The molecule has 0 unspecified atom stereocenters. The second-order valence-electron chi connectivity index (χ2n) is 6.69. The van der Waals surface area contributed by atoms with Crippen LogP contribution in [0.15, 0.2) is 18.2 Å². The molecule has 0 spiro atoms. The molecule has 1 heterocycles. The van der Waals surface area contributed by atoms with Crippen molar-refractivity contribution in [3.8, 4) is 0 Å². The Morgan fingerprint density at radius 1 is 1.29 bits per heavy atom. The van der Waals surface area contributed by atoms with E-state index in [9.17, 15) is 9.59 Å². The quantitative estimate of drug-likeness (QED) is 0.863. The molecule has 0 bridgehead atoms. The number of nitrogens with zero attached hydrogens (tertiary/aromatic N) is 1. The summed E-state index contributed by atoms with van der Waals surface area (Å²) in [6, 6.07) is 6.21. The summed E-state index contributed by atoms with van der Waals surface area (Å²) in [5.74, 6) is -0.151. The van der Waals surface area contributed by atoms with Crippen LogP contribution in [0.2, 0.25) is 0 Å². The van der Waals surface area contributed by atoms with Crippen molar-refractivity contribution in [2.24, 2.45) is 11.8 Å². The third-order valence-corrected chi connectivity index (χ3v) is 4.99. The van der Waals surface area contributed by atoms with Crippen LogP contribution in [0.4, 0.5) is 4.79 Å². The minimum absolute atomic E-state index is 0.0450. The number of piperidine rings is 1. The van der Waals surface area contributed by atoms with Crippen LogP contribution in [0, 0.1) is 25.7 Å². The van der Waals surface area contributed by atoms with Crippen molar-refractivity contribution >= 4 is 12.0 Å². The van der Waals surface area contributed by atoms with Crippen molar-refractivity contribution in [3.05, 3.63) is 34.9 Å². The molecular weight excluding hydrogens is 304 g/mol. The van der Waals surface area contributed by atoms with E-state index in [-0.39, 0.29) is 23.8 Å². The summed E-state index contributed by atoms with van der Waals surface area (Å²) in [7, 11) is 1.42. The fraction of sp³-hybridized carbons (Fsp3) is 0.579. The number of aryl methyl sites for hydroxylation is 2. The molecule has 132 valence electrons. The monoisotopic (exact) mass is 332 g/mol. The van der Waals surface area contributed by atoms with E-state index in [1.54, 1.807) is 4.90 Å². The molecule has 2 rings (SSSR count). The number of carbonyl (C=O) groups is 2. The van der Waals surface area contributed by atoms with Gasteiger partial charge in [-0.25, -0.2) is 4.79 Å². The van der Waals surface area contributed by atoms with Crippen molar-refractivity contribution in [1.82, 2.24) is 10.2 Å². The zero-order chi connectivity index (χ0) is 17.7. The fourth-order valence-corrected chi connectivity index (χ4v) is 3.48. The number of amides is 2. The minimum atomic E-state index is -0.169. The lowest BCUT2D eigenvalue weighted by atomic mass is 9.87. The number of esters is 1. The van der Waals surface area contributed by atoms with Crippen LogP contribution in [-0.4, -0.2) is 43.6 Å². The van der Waals surface area contributed by atoms with Crippen LogP contribution in [-0.2, 0) is 16.0 Å². The number of urea groups is 1. The predicted molar refractivity (Wildman–Crippen MR) is 93.9 cm³/mol. The van der Waals surface area contributed by atoms with Crippen molar-refractivity contribution in [1.29, 1.82) is 0 Å². The van der Waals surface area contributed by atoms with Gasteiger partial charge in [-0.15, -0.1) is 0 Å². The van der Waals surface area contributed by atoms with Crippen LogP contribution in [0.25, 0.3) is 0 Å². The summed E-state index contributed by atoms with van der Waals surface area (Å²) in [4.78, 5) is 25.9. The zero-order valence-corrected chi connectivity index (χ0v) is 15.1. The molecule has 1 aliphatic heterocycles. The molecule has 5 nitrogen and oxygen atoms in total. The Morgan fingerprint density at radius 2 is 1.96 bits per heavy atom. The number of methoxy groups -OCH3 is 1. The molecule has 2 atom stereocenters. The predicted octanol–water partition coefficient (Wildman–Crippen LogP) is 2.69. The number of rotatable bonds is 4. The normalized spacial score (nSPS) is 20.6. The molecule has 0 aliphatic carbocycles. The first kappa shape index (κ1) is 18.3. The highest BCUT2D eigenvalue weighted by Crippen LogP contribution is 2.24. The van der Waals surface area contributed by atoms with Gasteiger partial charge in [0.05, 0.1) is 13.0 Å². The third kappa shape index (κ3) is 4.28. The number of ether oxygens (including phenoxy) is 1. The highest BCUT2D eigenvalue weighted by Gasteiger charge is 2.33. The van der Waals surface area contributed by atoms with Crippen LogP contribution in [0.5, 0.6) is 0 Å². The van der Waals surface area contributed by atoms with Crippen molar-refractivity contribution in [2.75, 3.05) is 26.7 Å². The van der Waals surface area contributed by atoms with E-state index in [2.05, 4.69) is 37.4 Å². The Balaban J connectivity index is 1.82. The average Bonchev–Trinajstić information content (AvgIpc) is 2.56. The first-order chi connectivity index (χ1) is 11.4. The van der Waals surface area contributed by atoms with Gasteiger partial charge in [-0.1, -0.05) is 25.1 Å². The summed E-state index contributed by atoms with van der Waals surface area (Å²) in [5, 5.41) is 3.00. The Kier molecular flexibility index (Phi) is 6.23. The van der Waals surface area contributed by atoms with E-state index >= 15 is 0 Å². The van der Waals surface area contributed by atoms with Gasteiger partial charge in [-0.05, 0) is 49.3 Å². The average molecular weight is 332 g/mol. The van der Waals surface area contributed by atoms with Crippen LogP contribution in [0.3, 0.4) is 0 Å². The maximum absolute atomic E-state index is 12.3. The third-order valence-electron chi connectivity index (χ3n) is 4.99. The van der Waals surface area contributed by atoms with Gasteiger partial charge in [0.15, 0.2) is 0 Å².